The zero-order chi connectivity index (χ0) is 21.7. The second kappa shape index (κ2) is 9.37. The third-order valence-electron chi connectivity index (χ3n) is 3.85. The molecule has 1 fully saturated rings. The van der Waals surface area contributed by atoms with Crippen LogP contribution in [0.2, 0.25) is 0 Å². The molecule has 0 bridgehead atoms. The number of nitrogens with one attached hydrogen (secondary N) is 1. The van der Waals surface area contributed by atoms with Crippen molar-refractivity contribution in [2.75, 3.05) is 13.2 Å². The highest BCUT2D eigenvalue weighted by molar-refractivity contribution is 5.88. The van der Waals surface area contributed by atoms with Crippen LogP contribution in [0.5, 0.6) is 0 Å². The quantitative estimate of drug-likeness (QED) is 0.464. The number of hydrogen-bond acceptors (Lipinski definition) is 10. The summed E-state index contributed by atoms with van der Waals surface area (Å²) in [5.41, 5.74) is -1.04. The first-order valence-corrected chi connectivity index (χ1v) is 8.75. The van der Waals surface area contributed by atoms with Crippen molar-refractivity contribution in [1.29, 1.82) is 0 Å². The van der Waals surface area contributed by atoms with E-state index in [1.165, 1.54) is 6.92 Å². The highest BCUT2D eigenvalue weighted by Crippen LogP contribution is 2.34. The van der Waals surface area contributed by atoms with E-state index in [1.54, 1.807) is 6.92 Å². The monoisotopic (exact) mass is 414 g/mol. The lowest BCUT2D eigenvalue weighted by atomic mass is 10.1. The van der Waals surface area contributed by atoms with Crippen LogP contribution in [0.3, 0.4) is 0 Å². The van der Waals surface area contributed by atoms with E-state index < -0.39 is 54.0 Å². The Morgan fingerprint density at radius 2 is 1.66 bits per heavy atom. The molecular formula is C17H22N2O10. The van der Waals surface area contributed by atoms with E-state index in [9.17, 15) is 24.0 Å². The van der Waals surface area contributed by atoms with Gasteiger partial charge in [0.05, 0.1) is 6.61 Å². The number of rotatable bonds is 7. The Kier molecular flexibility index (Phi) is 7.15. The molecule has 12 nitrogen and oxygen atoms in total. The first kappa shape index (κ1) is 22.1. The standard InChI is InChI=1S/C17H22N2O10/c1-5-25-17(24)11-6-19(18-15(11)23)16-14(28-10(4)22)13(27-9(3)21)12(29-16)7-26-8(2)20/h6,12-14,16H,5,7H2,1-4H3,(H,18,23)/t12-,13-,14-,16-/m1/s1. The Morgan fingerprint density at radius 1 is 1.03 bits per heavy atom. The molecular weight excluding hydrogens is 392 g/mol. The van der Waals surface area contributed by atoms with Crippen molar-refractivity contribution in [3.63, 3.8) is 0 Å². The van der Waals surface area contributed by atoms with Crippen LogP contribution in [0.4, 0.5) is 0 Å². The maximum absolute atomic E-state index is 12.1. The Balaban J connectivity index is 2.39. The van der Waals surface area contributed by atoms with Crippen LogP contribution >= 0.6 is 0 Å². The van der Waals surface area contributed by atoms with Crippen LogP contribution in [-0.2, 0) is 38.1 Å². The number of esters is 4. The first-order valence-electron chi connectivity index (χ1n) is 8.75. The van der Waals surface area contributed by atoms with Crippen molar-refractivity contribution >= 4 is 23.9 Å². The van der Waals surface area contributed by atoms with E-state index in [-0.39, 0.29) is 18.8 Å². The van der Waals surface area contributed by atoms with Crippen molar-refractivity contribution in [1.82, 2.24) is 9.78 Å². The summed E-state index contributed by atoms with van der Waals surface area (Å²) >= 11 is 0. The summed E-state index contributed by atoms with van der Waals surface area (Å²) < 4.78 is 27.0. The molecule has 29 heavy (non-hydrogen) atoms. The summed E-state index contributed by atoms with van der Waals surface area (Å²) in [6.45, 7) is 4.84. The molecule has 1 aliphatic heterocycles. The number of H-pyrrole nitrogens is 1. The molecule has 2 rings (SSSR count). The minimum atomic E-state index is -1.19. The number of hydrogen-bond donors (Lipinski definition) is 1. The fourth-order valence-corrected chi connectivity index (χ4v) is 2.82. The van der Waals surface area contributed by atoms with E-state index in [4.69, 9.17) is 23.7 Å². The molecule has 2 heterocycles. The van der Waals surface area contributed by atoms with Crippen molar-refractivity contribution in [2.45, 2.75) is 52.2 Å². The lowest BCUT2D eigenvalue weighted by molar-refractivity contribution is -0.166. The Hall–Kier alpha value is -3.15. The predicted octanol–water partition coefficient (Wildman–Crippen LogP) is -0.323. The summed E-state index contributed by atoms with van der Waals surface area (Å²) in [5, 5.41) is 2.38. The maximum atomic E-state index is 12.1. The minimum absolute atomic E-state index is 0.0679. The molecule has 0 amide bonds. The zero-order valence-electron chi connectivity index (χ0n) is 16.3. The lowest BCUT2D eigenvalue weighted by Crippen LogP contribution is -2.40. The average Bonchev–Trinajstić information content (AvgIpc) is 3.14. The van der Waals surface area contributed by atoms with E-state index in [1.807, 2.05) is 0 Å². The molecule has 0 unspecified atom stereocenters. The van der Waals surface area contributed by atoms with E-state index >= 15 is 0 Å². The molecule has 1 N–H and O–H groups in total. The van der Waals surface area contributed by atoms with E-state index in [0.717, 1.165) is 24.7 Å². The Labute approximate surface area is 165 Å². The van der Waals surface area contributed by atoms with Crippen LogP contribution < -0.4 is 5.56 Å². The summed E-state index contributed by atoms with van der Waals surface area (Å²) in [6.07, 6.45) is -3.33. The topological polar surface area (TPSA) is 152 Å². The molecule has 1 aromatic rings. The fourth-order valence-electron chi connectivity index (χ4n) is 2.82. The van der Waals surface area contributed by atoms with Gasteiger partial charge in [0.15, 0.2) is 18.4 Å². The maximum Gasteiger partial charge on any atom is 0.345 e. The van der Waals surface area contributed by atoms with Gasteiger partial charge in [-0.2, -0.15) is 0 Å². The summed E-state index contributed by atoms with van der Waals surface area (Å²) in [7, 11) is 0. The lowest BCUT2D eigenvalue weighted by Gasteiger charge is -2.23. The first-order chi connectivity index (χ1) is 13.6. The number of ether oxygens (including phenoxy) is 5. The van der Waals surface area contributed by atoms with Gasteiger partial charge in [-0.25, -0.2) is 4.79 Å². The van der Waals surface area contributed by atoms with Crippen molar-refractivity contribution in [2.24, 2.45) is 0 Å². The Bertz CT molecular complexity index is 842. The van der Waals surface area contributed by atoms with Gasteiger partial charge in [-0.05, 0) is 6.92 Å². The van der Waals surface area contributed by atoms with Gasteiger partial charge in [-0.15, -0.1) is 0 Å². The van der Waals surface area contributed by atoms with Crippen molar-refractivity contribution in [3.8, 4) is 0 Å². The third kappa shape index (κ3) is 5.44. The van der Waals surface area contributed by atoms with Crippen LogP contribution in [0, 0.1) is 0 Å². The SMILES string of the molecule is CCOC(=O)c1cn([C@@H]2O[C@H](COC(C)=O)[C@@H](OC(C)=O)[C@H]2OC(C)=O)[nH]c1=O. The van der Waals surface area contributed by atoms with Gasteiger partial charge >= 0.3 is 23.9 Å². The number of carbonyl (C=O) groups is 4. The number of aromatic amines is 1. The van der Waals surface area contributed by atoms with Crippen LogP contribution in [0.15, 0.2) is 11.0 Å². The normalized spacial score (nSPS) is 23.3. The fraction of sp³-hybridized carbons (Fsp3) is 0.588. The van der Waals surface area contributed by atoms with E-state index in [2.05, 4.69) is 5.10 Å². The molecule has 1 aliphatic rings. The predicted molar refractivity (Wildman–Crippen MR) is 92.7 cm³/mol. The zero-order valence-corrected chi connectivity index (χ0v) is 16.3. The molecule has 0 aromatic carbocycles. The molecule has 0 spiro atoms. The van der Waals surface area contributed by atoms with Crippen LogP contribution in [0.25, 0.3) is 0 Å². The molecule has 0 saturated carbocycles. The van der Waals surface area contributed by atoms with Gasteiger partial charge in [0.1, 0.15) is 18.3 Å². The van der Waals surface area contributed by atoms with Crippen molar-refractivity contribution < 1.29 is 42.9 Å². The molecule has 12 heteroatoms. The van der Waals surface area contributed by atoms with Crippen LogP contribution in [0.1, 0.15) is 44.3 Å². The number of carbonyl (C=O) groups excluding carboxylic acids is 4. The summed E-state index contributed by atoms with van der Waals surface area (Å²) in [5.74, 6) is -2.82. The highest BCUT2D eigenvalue weighted by Gasteiger charge is 2.51. The molecule has 0 radical (unpaired) electrons. The second-order valence-corrected chi connectivity index (χ2v) is 6.13. The molecule has 4 atom stereocenters. The number of nitrogens with zero attached hydrogens (tertiary/aromatic N) is 1. The molecule has 1 saturated heterocycles. The van der Waals surface area contributed by atoms with Gasteiger partial charge in [-0.3, -0.25) is 29.0 Å². The third-order valence-corrected chi connectivity index (χ3v) is 3.85. The van der Waals surface area contributed by atoms with Gasteiger partial charge in [-0.1, -0.05) is 0 Å². The highest BCUT2D eigenvalue weighted by atomic mass is 16.7. The van der Waals surface area contributed by atoms with Gasteiger partial charge < -0.3 is 23.7 Å². The van der Waals surface area contributed by atoms with Crippen LogP contribution in [-0.4, -0.2) is 65.2 Å². The smallest absolute Gasteiger partial charge is 0.345 e. The molecule has 160 valence electrons. The summed E-state index contributed by atoms with van der Waals surface area (Å²) in [4.78, 5) is 58.3. The van der Waals surface area contributed by atoms with Crippen molar-refractivity contribution in [3.05, 3.63) is 22.1 Å². The van der Waals surface area contributed by atoms with Gasteiger partial charge in [0.2, 0.25) is 0 Å². The molecule has 0 aliphatic carbocycles. The van der Waals surface area contributed by atoms with Gasteiger partial charge in [0.25, 0.3) is 5.56 Å². The molecule has 1 aromatic heterocycles. The van der Waals surface area contributed by atoms with Gasteiger partial charge in [0, 0.05) is 27.0 Å². The average molecular weight is 414 g/mol. The number of aromatic nitrogens is 2. The largest absolute Gasteiger partial charge is 0.463 e. The van der Waals surface area contributed by atoms with E-state index in [0.29, 0.717) is 0 Å². The second-order valence-electron chi connectivity index (χ2n) is 6.13. The Morgan fingerprint density at radius 3 is 2.21 bits per heavy atom. The summed E-state index contributed by atoms with van der Waals surface area (Å²) in [6, 6.07) is 0. The minimum Gasteiger partial charge on any atom is -0.463 e.